The lowest BCUT2D eigenvalue weighted by molar-refractivity contribution is -0.174. The number of ether oxygens (including phenoxy) is 1. The smallest absolute Gasteiger partial charge is 0.372 e. The fourth-order valence-electron chi connectivity index (χ4n) is 1.96. The summed E-state index contributed by atoms with van der Waals surface area (Å²) in [5, 5.41) is 0. The fourth-order valence-corrected chi connectivity index (χ4v) is 1.96. The van der Waals surface area contributed by atoms with Crippen molar-refractivity contribution >= 4 is 0 Å². The molecule has 114 valence electrons. The molecule has 0 aromatic heterocycles. The van der Waals surface area contributed by atoms with Gasteiger partial charge in [0.25, 0.3) is 0 Å². The van der Waals surface area contributed by atoms with Crippen LogP contribution in [0.5, 0.6) is 0 Å². The summed E-state index contributed by atoms with van der Waals surface area (Å²) in [7, 11) is 0. The second-order valence-electron chi connectivity index (χ2n) is 4.75. The highest BCUT2D eigenvalue weighted by molar-refractivity contribution is 5.16. The van der Waals surface area contributed by atoms with Gasteiger partial charge in [0, 0.05) is 6.61 Å². The summed E-state index contributed by atoms with van der Waals surface area (Å²) >= 11 is 0. The van der Waals surface area contributed by atoms with E-state index in [9.17, 15) is 17.6 Å². The molecular formula is C14H19F4NO. The summed E-state index contributed by atoms with van der Waals surface area (Å²) in [6, 6.07) is 6.26. The van der Waals surface area contributed by atoms with E-state index in [4.69, 9.17) is 5.73 Å². The summed E-state index contributed by atoms with van der Waals surface area (Å²) in [5.74, 6) is -0.182. The van der Waals surface area contributed by atoms with E-state index < -0.39 is 12.8 Å². The largest absolute Gasteiger partial charge is 0.411 e. The molecule has 1 aromatic carbocycles. The SMILES string of the molecule is NCC(CCCOCC(F)(F)F)Cc1cccc(F)c1. The molecular weight excluding hydrogens is 274 g/mol. The van der Waals surface area contributed by atoms with Gasteiger partial charge < -0.3 is 10.5 Å². The molecule has 0 heterocycles. The second kappa shape index (κ2) is 8.21. The Bertz CT molecular complexity index is 395. The van der Waals surface area contributed by atoms with Crippen LogP contribution in [0.1, 0.15) is 18.4 Å². The van der Waals surface area contributed by atoms with E-state index in [1.54, 1.807) is 6.07 Å². The maximum Gasteiger partial charge on any atom is 0.411 e. The molecule has 0 amide bonds. The van der Waals surface area contributed by atoms with Crippen molar-refractivity contribution in [3.05, 3.63) is 35.6 Å². The van der Waals surface area contributed by atoms with E-state index in [1.807, 2.05) is 6.07 Å². The van der Waals surface area contributed by atoms with E-state index in [2.05, 4.69) is 4.74 Å². The molecule has 0 aliphatic rings. The number of benzene rings is 1. The van der Waals surface area contributed by atoms with Crippen LogP contribution in [0.2, 0.25) is 0 Å². The molecule has 20 heavy (non-hydrogen) atoms. The number of hydrogen-bond donors (Lipinski definition) is 1. The first-order valence-corrected chi connectivity index (χ1v) is 6.49. The zero-order chi connectivity index (χ0) is 15.0. The van der Waals surface area contributed by atoms with E-state index >= 15 is 0 Å². The molecule has 6 heteroatoms. The Morgan fingerprint density at radius 1 is 1.25 bits per heavy atom. The Hall–Kier alpha value is -1.14. The minimum absolute atomic E-state index is 0.0547. The lowest BCUT2D eigenvalue weighted by Crippen LogP contribution is -2.19. The van der Waals surface area contributed by atoms with Gasteiger partial charge in [0.2, 0.25) is 0 Å². The monoisotopic (exact) mass is 293 g/mol. The van der Waals surface area contributed by atoms with Crippen molar-refractivity contribution in [2.24, 2.45) is 11.7 Å². The number of rotatable bonds is 8. The number of hydrogen-bond acceptors (Lipinski definition) is 2. The zero-order valence-electron chi connectivity index (χ0n) is 11.1. The summed E-state index contributed by atoms with van der Waals surface area (Å²) in [4.78, 5) is 0. The Balaban J connectivity index is 2.26. The van der Waals surface area contributed by atoms with Gasteiger partial charge in [-0.05, 0) is 49.4 Å². The second-order valence-corrected chi connectivity index (χ2v) is 4.75. The third-order valence-corrected chi connectivity index (χ3v) is 2.91. The third-order valence-electron chi connectivity index (χ3n) is 2.91. The average Bonchev–Trinajstić information content (AvgIpc) is 2.35. The molecule has 2 N–H and O–H groups in total. The normalized spacial score (nSPS) is 13.4. The van der Waals surface area contributed by atoms with Crippen molar-refractivity contribution < 1.29 is 22.3 Å². The van der Waals surface area contributed by atoms with E-state index in [0.29, 0.717) is 25.8 Å². The van der Waals surface area contributed by atoms with Crippen LogP contribution in [-0.2, 0) is 11.2 Å². The van der Waals surface area contributed by atoms with Crippen LogP contribution in [0.25, 0.3) is 0 Å². The van der Waals surface area contributed by atoms with Gasteiger partial charge in [0.15, 0.2) is 0 Å². The van der Waals surface area contributed by atoms with Crippen LogP contribution in [0, 0.1) is 11.7 Å². The standard InChI is InChI=1S/C14H19F4NO/c15-13-5-1-3-11(8-13)7-12(9-19)4-2-6-20-10-14(16,17)18/h1,3,5,8,12H,2,4,6-7,9-10,19H2. The Morgan fingerprint density at radius 3 is 2.60 bits per heavy atom. The first-order chi connectivity index (χ1) is 9.40. The summed E-state index contributed by atoms with van der Waals surface area (Å²) < 4.78 is 53.1. The number of alkyl halides is 3. The first kappa shape index (κ1) is 16.9. The van der Waals surface area contributed by atoms with Crippen molar-refractivity contribution in [1.29, 1.82) is 0 Å². The van der Waals surface area contributed by atoms with Crippen LogP contribution in [-0.4, -0.2) is 25.9 Å². The van der Waals surface area contributed by atoms with E-state index in [1.165, 1.54) is 12.1 Å². The number of halogens is 4. The minimum atomic E-state index is -4.28. The van der Waals surface area contributed by atoms with Gasteiger partial charge in [-0.1, -0.05) is 12.1 Å². The Labute approximate surface area is 115 Å². The van der Waals surface area contributed by atoms with E-state index in [0.717, 1.165) is 5.56 Å². The van der Waals surface area contributed by atoms with Gasteiger partial charge in [-0.15, -0.1) is 0 Å². The lowest BCUT2D eigenvalue weighted by Gasteiger charge is -2.15. The van der Waals surface area contributed by atoms with Gasteiger partial charge >= 0.3 is 6.18 Å². The quantitative estimate of drug-likeness (QED) is 0.589. The highest BCUT2D eigenvalue weighted by Crippen LogP contribution is 2.16. The van der Waals surface area contributed by atoms with Crippen LogP contribution in [0.3, 0.4) is 0 Å². The molecule has 1 atom stereocenters. The lowest BCUT2D eigenvalue weighted by atomic mass is 9.95. The van der Waals surface area contributed by atoms with Crippen molar-refractivity contribution in [3.8, 4) is 0 Å². The van der Waals surface area contributed by atoms with Crippen LogP contribution >= 0.6 is 0 Å². The molecule has 0 aliphatic carbocycles. The van der Waals surface area contributed by atoms with E-state index in [-0.39, 0.29) is 18.3 Å². The van der Waals surface area contributed by atoms with Gasteiger partial charge in [-0.25, -0.2) is 4.39 Å². The molecule has 0 saturated heterocycles. The Morgan fingerprint density at radius 2 is 2.00 bits per heavy atom. The maximum absolute atomic E-state index is 13.0. The molecule has 0 bridgehead atoms. The first-order valence-electron chi connectivity index (χ1n) is 6.49. The van der Waals surface area contributed by atoms with Crippen molar-refractivity contribution in [3.63, 3.8) is 0 Å². The molecule has 0 fully saturated rings. The van der Waals surface area contributed by atoms with Gasteiger partial charge in [-0.2, -0.15) is 13.2 Å². The molecule has 0 saturated carbocycles. The van der Waals surface area contributed by atoms with Gasteiger partial charge in [0.05, 0.1) is 0 Å². The molecule has 0 aliphatic heterocycles. The summed E-state index contributed by atoms with van der Waals surface area (Å²) in [6.07, 6.45) is -2.50. The van der Waals surface area contributed by atoms with Crippen molar-refractivity contribution in [2.75, 3.05) is 19.8 Å². The predicted molar refractivity (Wildman–Crippen MR) is 68.8 cm³/mol. The van der Waals surface area contributed by atoms with Gasteiger partial charge in [-0.3, -0.25) is 0 Å². The fraction of sp³-hybridized carbons (Fsp3) is 0.571. The molecule has 1 unspecified atom stereocenters. The van der Waals surface area contributed by atoms with Crippen LogP contribution in [0.15, 0.2) is 24.3 Å². The van der Waals surface area contributed by atoms with Crippen molar-refractivity contribution in [1.82, 2.24) is 0 Å². The molecule has 2 nitrogen and oxygen atoms in total. The topological polar surface area (TPSA) is 35.2 Å². The van der Waals surface area contributed by atoms with Crippen molar-refractivity contribution in [2.45, 2.75) is 25.4 Å². The van der Waals surface area contributed by atoms with Crippen LogP contribution in [0.4, 0.5) is 17.6 Å². The molecule has 1 aromatic rings. The van der Waals surface area contributed by atoms with Crippen LogP contribution < -0.4 is 5.73 Å². The van der Waals surface area contributed by atoms with Gasteiger partial charge in [0.1, 0.15) is 12.4 Å². The summed E-state index contributed by atoms with van der Waals surface area (Å²) in [6.45, 7) is -0.751. The minimum Gasteiger partial charge on any atom is -0.372 e. The zero-order valence-corrected chi connectivity index (χ0v) is 11.1. The third kappa shape index (κ3) is 7.45. The summed E-state index contributed by atoms with van der Waals surface area (Å²) in [5.41, 5.74) is 6.47. The molecule has 1 rings (SSSR count). The predicted octanol–water partition coefficient (Wildman–Crippen LogP) is 3.30. The Kier molecular flexibility index (Phi) is 6.95. The highest BCUT2D eigenvalue weighted by Gasteiger charge is 2.27. The number of nitrogens with two attached hydrogens (primary N) is 1. The molecule has 0 spiro atoms. The highest BCUT2D eigenvalue weighted by atomic mass is 19.4. The average molecular weight is 293 g/mol. The maximum atomic E-state index is 13.0. The molecule has 0 radical (unpaired) electrons.